The lowest BCUT2D eigenvalue weighted by Crippen LogP contribution is -2.16. The van der Waals surface area contributed by atoms with E-state index < -0.39 is 0 Å². The van der Waals surface area contributed by atoms with Crippen molar-refractivity contribution in [1.29, 1.82) is 0 Å². The van der Waals surface area contributed by atoms with Crippen LogP contribution in [0.2, 0.25) is 0 Å². The van der Waals surface area contributed by atoms with Crippen LogP contribution in [0.15, 0.2) is 103 Å². The first-order chi connectivity index (χ1) is 12.4. The molecule has 0 spiro atoms. The Balaban J connectivity index is 1.74. The monoisotopic (exact) mass is 340 g/mol. The highest BCUT2D eigenvalue weighted by molar-refractivity contribution is 7.73. The number of hydrogen-bond acceptors (Lipinski definition) is 0. The Kier molecular flexibility index (Phi) is 4.91. The van der Waals surface area contributed by atoms with Crippen LogP contribution in [0.5, 0.6) is 0 Å². The second kappa shape index (κ2) is 7.64. The number of benzene rings is 4. The maximum absolute atomic E-state index is 2.33. The van der Waals surface area contributed by atoms with Gasteiger partial charge in [-0.05, 0) is 47.4 Å². The van der Waals surface area contributed by atoms with Gasteiger partial charge in [-0.3, -0.25) is 0 Å². The SMILES string of the molecule is c1ccc(CCP(c2ccccc2)c2cccc3ccccc23)cc1. The summed E-state index contributed by atoms with van der Waals surface area (Å²) in [5.41, 5.74) is 1.42. The van der Waals surface area contributed by atoms with Crippen molar-refractivity contribution >= 4 is 29.3 Å². The summed E-state index contributed by atoms with van der Waals surface area (Å²) in [7, 11) is -0.374. The van der Waals surface area contributed by atoms with Crippen LogP contribution in [0.1, 0.15) is 5.56 Å². The van der Waals surface area contributed by atoms with E-state index in [9.17, 15) is 0 Å². The van der Waals surface area contributed by atoms with E-state index in [0.29, 0.717) is 0 Å². The van der Waals surface area contributed by atoms with Crippen LogP contribution in [0.25, 0.3) is 10.8 Å². The van der Waals surface area contributed by atoms with Gasteiger partial charge in [0.25, 0.3) is 0 Å². The summed E-state index contributed by atoms with van der Waals surface area (Å²) in [5.74, 6) is 0. The van der Waals surface area contributed by atoms with Gasteiger partial charge in [0.05, 0.1) is 0 Å². The lowest BCUT2D eigenvalue weighted by atomic mass is 10.1. The van der Waals surface area contributed by atoms with Gasteiger partial charge in [-0.25, -0.2) is 0 Å². The van der Waals surface area contributed by atoms with Crippen molar-refractivity contribution in [3.8, 4) is 0 Å². The second-order valence-electron chi connectivity index (χ2n) is 6.22. The zero-order valence-corrected chi connectivity index (χ0v) is 15.1. The van der Waals surface area contributed by atoms with E-state index in [1.807, 2.05) is 0 Å². The standard InChI is InChI=1S/C24H21P/c1-3-10-20(11-4-1)18-19-25(22-14-5-2-6-15-22)24-17-9-13-21-12-7-8-16-23(21)24/h1-17H,18-19H2. The van der Waals surface area contributed by atoms with Gasteiger partial charge in [0, 0.05) is 0 Å². The van der Waals surface area contributed by atoms with E-state index in [4.69, 9.17) is 0 Å². The Morgan fingerprint density at radius 2 is 1.20 bits per heavy atom. The minimum Gasteiger partial charge on any atom is -0.0622 e. The summed E-state index contributed by atoms with van der Waals surface area (Å²) in [6.45, 7) is 0. The molecule has 4 rings (SSSR count). The van der Waals surface area contributed by atoms with Crippen molar-refractivity contribution in [2.75, 3.05) is 6.16 Å². The summed E-state index contributed by atoms with van der Waals surface area (Å²) in [6, 6.07) is 37.4. The molecule has 0 heterocycles. The van der Waals surface area contributed by atoms with Crippen LogP contribution in [0, 0.1) is 0 Å². The maximum atomic E-state index is 2.33. The summed E-state index contributed by atoms with van der Waals surface area (Å²) in [4.78, 5) is 0. The van der Waals surface area contributed by atoms with Gasteiger partial charge in [0.2, 0.25) is 0 Å². The highest BCUT2D eigenvalue weighted by Crippen LogP contribution is 2.37. The molecule has 25 heavy (non-hydrogen) atoms. The Labute approximate surface area is 150 Å². The summed E-state index contributed by atoms with van der Waals surface area (Å²) in [6.07, 6.45) is 2.29. The molecule has 122 valence electrons. The molecular formula is C24H21P. The zero-order chi connectivity index (χ0) is 16.9. The molecule has 0 nitrogen and oxygen atoms in total. The molecule has 1 unspecified atom stereocenters. The highest BCUT2D eigenvalue weighted by atomic mass is 31.1. The predicted octanol–water partition coefficient (Wildman–Crippen LogP) is 5.52. The molecule has 0 N–H and O–H groups in total. The van der Waals surface area contributed by atoms with Gasteiger partial charge in [0.15, 0.2) is 0 Å². The van der Waals surface area contributed by atoms with E-state index in [-0.39, 0.29) is 7.92 Å². The topological polar surface area (TPSA) is 0 Å². The first-order valence-electron chi connectivity index (χ1n) is 8.76. The third-order valence-electron chi connectivity index (χ3n) is 4.59. The van der Waals surface area contributed by atoms with Gasteiger partial charge >= 0.3 is 0 Å². The summed E-state index contributed by atoms with van der Waals surface area (Å²) < 4.78 is 0. The molecule has 1 atom stereocenters. The lowest BCUT2D eigenvalue weighted by molar-refractivity contribution is 1.15. The third-order valence-corrected chi connectivity index (χ3v) is 7.16. The maximum Gasteiger partial charge on any atom is -0.0104 e. The molecule has 0 amide bonds. The lowest BCUT2D eigenvalue weighted by Gasteiger charge is -2.21. The van der Waals surface area contributed by atoms with E-state index in [2.05, 4.69) is 103 Å². The van der Waals surface area contributed by atoms with Crippen molar-refractivity contribution < 1.29 is 0 Å². The molecule has 0 fully saturated rings. The quantitative estimate of drug-likeness (QED) is 0.420. The molecule has 0 saturated heterocycles. The molecule has 1 heteroatoms. The fraction of sp³-hybridized carbons (Fsp3) is 0.0833. The molecule has 0 radical (unpaired) electrons. The minimum absolute atomic E-state index is 0.374. The first kappa shape index (κ1) is 16.1. The fourth-order valence-electron chi connectivity index (χ4n) is 3.33. The minimum atomic E-state index is -0.374. The van der Waals surface area contributed by atoms with Crippen LogP contribution in [-0.4, -0.2) is 6.16 Å². The first-order valence-corrected chi connectivity index (χ1v) is 10.3. The smallest absolute Gasteiger partial charge is 0.0104 e. The van der Waals surface area contributed by atoms with Crippen LogP contribution < -0.4 is 10.6 Å². The number of hydrogen-bond donors (Lipinski definition) is 0. The third kappa shape index (κ3) is 3.65. The Hall–Kier alpha value is -2.43. The van der Waals surface area contributed by atoms with E-state index in [0.717, 1.165) is 6.42 Å². The van der Waals surface area contributed by atoms with Gasteiger partial charge in [-0.1, -0.05) is 103 Å². The summed E-state index contributed by atoms with van der Waals surface area (Å²) in [5, 5.41) is 5.69. The van der Waals surface area contributed by atoms with Crippen molar-refractivity contribution in [2.45, 2.75) is 6.42 Å². The van der Waals surface area contributed by atoms with Gasteiger partial charge in [0.1, 0.15) is 0 Å². The Morgan fingerprint density at radius 1 is 0.560 bits per heavy atom. The van der Waals surface area contributed by atoms with E-state index in [1.54, 1.807) is 0 Å². The molecule has 0 aliphatic rings. The molecule has 4 aromatic carbocycles. The van der Waals surface area contributed by atoms with Crippen LogP contribution in [0.3, 0.4) is 0 Å². The normalized spacial score (nSPS) is 12.2. The molecule has 0 aromatic heterocycles. The number of rotatable bonds is 5. The van der Waals surface area contributed by atoms with Crippen molar-refractivity contribution in [2.24, 2.45) is 0 Å². The van der Waals surface area contributed by atoms with E-state index >= 15 is 0 Å². The fourth-order valence-corrected chi connectivity index (χ4v) is 5.88. The van der Waals surface area contributed by atoms with Crippen molar-refractivity contribution in [3.05, 3.63) is 109 Å². The Morgan fingerprint density at radius 3 is 2.00 bits per heavy atom. The predicted molar refractivity (Wildman–Crippen MR) is 112 cm³/mol. The number of fused-ring (bicyclic) bond motifs is 1. The van der Waals surface area contributed by atoms with Crippen LogP contribution >= 0.6 is 7.92 Å². The van der Waals surface area contributed by atoms with Crippen LogP contribution in [-0.2, 0) is 6.42 Å². The second-order valence-corrected chi connectivity index (χ2v) is 8.52. The van der Waals surface area contributed by atoms with Crippen molar-refractivity contribution in [3.63, 3.8) is 0 Å². The zero-order valence-electron chi connectivity index (χ0n) is 14.2. The largest absolute Gasteiger partial charge is 0.0622 e. The Bertz CT molecular complexity index is 940. The van der Waals surface area contributed by atoms with Crippen molar-refractivity contribution in [1.82, 2.24) is 0 Å². The molecule has 0 aliphatic carbocycles. The number of aryl methyl sites for hydroxylation is 1. The average Bonchev–Trinajstić information content (AvgIpc) is 2.70. The van der Waals surface area contributed by atoms with Gasteiger partial charge in [-0.2, -0.15) is 0 Å². The molecule has 0 aliphatic heterocycles. The highest BCUT2D eigenvalue weighted by Gasteiger charge is 2.16. The van der Waals surface area contributed by atoms with E-state index in [1.165, 1.54) is 33.1 Å². The molecular weight excluding hydrogens is 319 g/mol. The summed E-state index contributed by atoms with van der Waals surface area (Å²) >= 11 is 0. The molecule has 4 aromatic rings. The van der Waals surface area contributed by atoms with Gasteiger partial charge in [-0.15, -0.1) is 0 Å². The average molecular weight is 340 g/mol. The molecule has 0 bridgehead atoms. The molecule has 0 saturated carbocycles. The van der Waals surface area contributed by atoms with Gasteiger partial charge < -0.3 is 0 Å². The van der Waals surface area contributed by atoms with Crippen LogP contribution in [0.4, 0.5) is 0 Å².